The van der Waals surface area contributed by atoms with Crippen molar-refractivity contribution in [1.82, 2.24) is 5.32 Å². The van der Waals surface area contributed by atoms with Crippen LogP contribution in [0.4, 0.5) is 5.69 Å². The number of hydrogen-bond acceptors (Lipinski definition) is 4. The van der Waals surface area contributed by atoms with Crippen LogP contribution in [0, 0.1) is 17.0 Å². The van der Waals surface area contributed by atoms with Crippen molar-refractivity contribution in [3.8, 4) is 5.75 Å². The third-order valence-electron chi connectivity index (χ3n) is 4.46. The van der Waals surface area contributed by atoms with Gasteiger partial charge in [-0.15, -0.1) is 0 Å². The van der Waals surface area contributed by atoms with Gasteiger partial charge in [-0.2, -0.15) is 0 Å². The maximum absolute atomic E-state index is 12.6. The summed E-state index contributed by atoms with van der Waals surface area (Å²) in [4.78, 5) is 22.9. The Balaban J connectivity index is 2.29. The van der Waals surface area contributed by atoms with E-state index in [4.69, 9.17) is 16.3 Å². The highest BCUT2D eigenvalue weighted by molar-refractivity contribution is 6.34. The van der Waals surface area contributed by atoms with Crippen molar-refractivity contribution in [2.24, 2.45) is 0 Å². The monoisotopic (exact) mass is 390 g/mol. The normalized spacial score (nSPS) is 12.0. The smallest absolute Gasteiger partial charge is 0.270 e. The molecule has 6 nitrogen and oxygen atoms in total. The maximum atomic E-state index is 12.6. The number of carbonyl (C=O) groups is 1. The molecule has 0 saturated heterocycles. The minimum Gasteiger partial charge on any atom is -0.496 e. The Morgan fingerprint density at radius 2 is 1.85 bits per heavy atom. The number of nitrogens with zero attached hydrogens (tertiary/aromatic N) is 1. The van der Waals surface area contributed by atoms with Crippen molar-refractivity contribution in [2.75, 3.05) is 7.11 Å². The number of carbonyl (C=O) groups excluding carboxylic acids is 1. The first-order valence-corrected chi connectivity index (χ1v) is 8.96. The number of rotatable bonds is 6. The number of methoxy groups -OCH3 is 1. The SMILES string of the molecule is COc1cc(C)c([C@H](C)NC(=O)c2ccc([N+](=O)[O-])cc2Cl)cc1C(C)C. The highest BCUT2D eigenvalue weighted by atomic mass is 35.5. The summed E-state index contributed by atoms with van der Waals surface area (Å²) >= 11 is 6.05. The molecule has 7 heteroatoms. The van der Waals surface area contributed by atoms with E-state index >= 15 is 0 Å². The molecule has 0 radical (unpaired) electrons. The molecule has 0 aromatic heterocycles. The third kappa shape index (κ3) is 4.57. The molecule has 0 saturated carbocycles. The van der Waals surface area contributed by atoms with E-state index < -0.39 is 4.92 Å². The van der Waals surface area contributed by atoms with E-state index in [1.165, 1.54) is 18.2 Å². The first-order chi connectivity index (χ1) is 12.6. The van der Waals surface area contributed by atoms with Gasteiger partial charge in [-0.25, -0.2) is 0 Å². The second kappa shape index (κ2) is 8.39. The highest BCUT2D eigenvalue weighted by Gasteiger charge is 2.20. The number of non-ortho nitro benzene ring substituents is 1. The summed E-state index contributed by atoms with van der Waals surface area (Å²) in [7, 11) is 1.64. The molecule has 1 atom stereocenters. The quantitative estimate of drug-likeness (QED) is 0.544. The topological polar surface area (TPSA) is 81.5 Å². The Kier molecular flexibility index (Phi) is 6.44. The summed E-state index contributed by atoms with van der Waals surface area (Å²) in [6.07, 6.45) is 0. The Labute approximate surface area is 163 Å². The lowest BCUT2D eigenvalue weighted by atomic mass is 9.93. The number of amides is 1. The Morgan fingerprint density at radius 3 is 2.37 bits per heavy atom. The molecule has 2 aromatic rings. The predicted octanol–water partition coefficient (Wildman–Crippen LogP) is 5.18. The standard InChI is InChI=1S/C20H23ClN2O4/c1-11(2)16-10-17(12(3)8-19(16)27-5)13(4)22-20(24)15-7-6-14(23(25)26)9-18(15)21/h6-11,13H,1-5H3,(H,22,24)/t13-/m0/s1. The molecule has 0 heterocycles. The number of halogens is 1. The molecule has 0 unspecified atom stereocenters. The average Bonchev–Trinajstić information content (AvgIpc) is 2.60. The van der Waals surface area contributed by atoms with Crippen molar-refractivity contribution in [3.63, 3.8) is 0 Å². The number of hydrogen-bond donors (Lipinski definition) is 1. The van der Waals surface area contributed by atoms with Gasteiger partial charge >= 0.3 is 0 Å². The van der Waals surface area contributed by atoms with E-state index in [0.717, 1.165) is 22.4 Å². The third-order valence-corrected chi connectivity index (χ3v) is 4.78. The van der Waals surface area contributed by atoms with Crippen molar-refractivity contribution in [1.29, 1.82) is 0 Å². The first-order valence-electron chi connectivity index (χ1n) is 8.59. The number of nitrogens with one attached hydrogen (secondary N) is 1. The zero-order valence-electron chi connectivity index (χ0n) is 16.0. The first kappa shape index (κ1) is 20.7. The zero-order valence-corrected chi connectivity index (χ0v) is 16.8. The molecule has 27 heavy (non-hydrogen) atoms. The fourth-order valence-corrected chi connectivity index (χ4v) is 3.22. The van der Waals surface area contributed by atoms with Gasteiger partial charge in [0.25, 0.3) is 11.6 Å². The minimum atomic E-state index is -0.551. The Bertz CT molecular complexity index is 881. The van der Waals surface area contributed by atoms with Crippen LogP contribution in [0.15, 0.2) is 30.3 Å². The van der Waals surface area contributed by atoms with Gasteiger partial charge < -0.3 is 10.1 Å². The minimum absolute atomic E-state index is 0.0447. The van der Waals surface area contributed by atoms with Crippen LogP contribution in [0.5, 0.6) is 5.75 Å². The highest BCUT2D eigenvalue weighted by Crippen LogP contribution is 2.32. The molecule has 0 spiro atoms. The van der Waals surface area contributed by atoms with Gasteiger partial charge in [-0.05, 0) is 54.7 Å². The van der Waals surface area contributed by atoms with Gasteiger partial charge in [0, 0.05) is 12.1 Å². The summed E-state index contributed by atoms with van der Waals surface area (Å²) < 4.78 is 5.46. The van der Waals surface area contributed by atoms with Crippen LogP contribution in [0.2, 0.25) is 5.02 Å². The summed E-state index contributed by atoms with van der Waals surface area (Å²) in [5, 5.41) is 13.8. The van der Waals surface area contributed by atoms with Crippen molar-refractivity contribution >= 4 is 23.2 Å². The van der Waals surface area contributed by atoms with Gasteiger partial charge in [0.05, 0.1) is 28.7 Å². The molecular weight excluding hydrogens is 368 g/mol. The van der Waals surface area contributed by atoms with Crippen molar-refractivity contribution in [3.05, 3.63) is 67.7 Å². The fraction of sp³-hybridized carbons (Fsp3) is 0.350. The van der Waals surface area contributed by atoms with Crippen LogP contribution in [0.25, 0.3) is 0 Å². The molecule has 144 valence electrons. The van der Waals surface area contributed by atoms with Gasteiger partial charge in [0.2, 0.25) is 0 Å². The van der Waals surface area contributed by atoms with Crippen LogP contribution >= 0.6 is 11.6 Å². The van der Waals surface area contributed by atoms with E-state index in [1.54, 1.807) is 7.11 Å². The Morgan fingerprint density at radius 1 is 1.19 bits per heavy atom. The molecule has 2 rings (SSSR count). The Hall–Kier alpha value is -2.60. The number of nitro groups is 1. The average molecular weight is 391 g/mol. The van der Waals surface area contributed by atoms with Crippen molar-refractivity contribution in [2.45, 2.75) is 39.7 Å². The predicted molar refractivity (Wildman–Crippen MR) is 106 cm³/mol. The molecule has 1 amide bonds. The zero-order chi connectivity index (χ0) is 20.3. The molecular formula is C20H23ClN2O4. The largest absolute Gasteiger partial charge is 0.496 e. The molecule has 2 aromatic carbocycles. The number of aryl methyl sites for hydroxylation is 1. The molecule has 0 fully saturated rings. The van der Waals surface area contributed by atoms with Crippen LogP contribution < -0.4 is 10.1 Å². The lowest BCUT2D eigenvalue weighted by Gasteiger charge is -2.21. The molecule has 1 N–H and O–H groups in total. The van der Waals surface area contributed by atoms with E-state index in [-0.39, 0.29) is 34.1 Å². The molecule has 0 aliphatic carbocycles. The van der Waals surface area contributed by atoms with Gasteiger partial charge in [-0.1, -0.05) is 25.4 Å². The van der Waals surface area contributed by atoms with Gasteiger partial charge in [0.1, 0.15) is 5.75 Å². The summed E-state index contributed by atoms with van der Waals surface area (Å²) in [5.74, 6) is 0.707. The second-order valence-corrected chi connectivity index (χ2v) is 7.13. The number of ether oxygens (including phenoxy) is 1. The number of nitro benzene ring substituents is 1. The van der Waals surface area contributed by atoms with E-state index in [2.05, 4.69) is 19.2 Å². The maximum Gasteiger partial charge on any atom is 0.270 e. The van der Waals surface area contributed by atoms with Crippen LogP contribution in [0.1, 0.15) is 59.8 Å². The molecule has 0 aliphatic rings. The molecule has 0 bridgehead atoms. The van der Waals surface area contributed by atoms with Gasteiger partial charge in [0.15, 0.2) is 0 Å². The van der Waals surface area contributed by atoms with Gasteiger partial charge in [-0.3, -0.25) is 14.9 Å². The summed E-state index contributed by atoms with van der Waals surface area (Å²) in [6.45, 7) is 8.01. The lowest BCUT2D eigenvalue weighted by molar-refractivity contribution is -0.384. The van der Waals surface area contributed by atoms with Crippen LogP contribution in [-0.2, 0) is 0 Å². The lowest BCUT2D eigenvalue weighted by Crippen LogP contribution is -2.27. The molecule has 0 aliphatic heterocycles. The van der Waals surface area contributed by atoms with E-state index in [9.17, 15) is 14.9 Å². The summed E-state index contributed by atoms with van der Waals surface area (Å²) in [5.41, 5.74) is 3.08. The van der Waals surface area contributed by atoms with E-state index in [1.807, 2.05) is 26.0 Å². The van der Waals surface area contributed by atoms with Crippen molar-refractivity contribution < 1.29 is 14.5 Å². The number of benzene rings is 2. The summed E-state index contributed by atoms with van der Waals surface area (Å²) in [6, 6.07) is 7.54. The van der Waals surface area contributed by atoms with E-state index in [0.29, 0.717) is 0 Å². The van der Waals surface area contributed by atoms with Crippen LogP contribution in [-0.4, -0.2) is 17.9 Å². The van der Waals surface area contributed by atoms with Crippen LogP contribution in [0.3, 0.4) is 0 Å². The fourth-order valence-electron chi connectivity index (χ4n) is 2.96. The second-order valence-electron chi connectivity index (χ2n) is 6.72.